The molecule has 0 atom stereocenters. The predicted molar refractivity (Wildman–Crippen MR) is 255 cm³/mol. The minimum atomic E-state index is 1.08. The molecule has 11 rings (SSSR count). The second-order valence-electron chi connectivity index (χ2n) is 15.3. The van der Waals surface area contributed by atoms with E-state index in [-0.39, 0.29) is 0 Å². The van der Waals surface area contributed by atoms with Gasteiger partial charge in [0.2, 0.25) is 0 Å². The number of benzene rings is 10. The van der Waals surface area contributed by atoms with E-state index in [2.05, 4.69) is 252 Å². The van der Waals surface area contributed by atoms with E-state index in [4.69, 9.17) is 0 Å². The van der Waals surface area contributed by atoms with Crippen molar-refractivity contribution in [2.24, 2.45) is 0 Å². The Balaban J connectivity index is 1.16. The first kappa shape index (κ1) is 35.2. The summed E-state index contributed by atoms with van der Waals surface area (Å²) < 4.78 is 2.47. The van der Waals surface area contributed by atoms with Crippen LogP contribution in [0.3, 0.4) is 0 Å². The maximum absolute atomic E-state index is 2.47. The van der Waals surface area contributed by atoms with Crippen LogP contribution >= 0.6 is 0 Å². The van der Waals surface area contributed by atoms with Gasteiger partial charge in [-0.1, -0.05) is 200 Å². The molecule has 0 unspecified atom stereocenters. The molecule has 1 aromatic heterocycles. The van der Waals surface area contributed by atoms with Crippen molar-refractivity contribution < 1.29 is 0 Å². The quantitative estimate of drug-likeness (QED) is 0.150. The van der Waals surface area contributed by atoms with E-state index in [1.807, 2.05) is 0 Å². The molecule has 2 nitrogen and oxygen atoms in total. The van der Waals surface area contributed by atoms with Gasteiger partial charge in [0.25, 0.3) is 0 Å². The van der Waals surface area contributed by atoms with Gasteiger partial charge in [0, 0.05) is 33.3 Å². The molecule has 0 spiro atoms. The standard InChI is InChI=1S/C58H40N2/c1-3-18-41(19-4-1)42-34-36-45(37-35-42)59(55-31-14-11-27-51(55)49-26-10-9-25-47(49)43-20-5-2-6-21-43)46-38-39-54-53-29-13-16-33-57(53)60(58(54)40-46)56-32-15-12-28-52(56)50-30-17-23-44-22-7-8-24-48(44)50/h1-40H. The normalized spacial score (nSPS) is 11.3. The van der Waals surface area contributed by atoms with Crippen molar-refractivity contribution in [2.45, 2.75) is 0 Å². The fourth-order valence-electron chi connectivity index (χ4n) is 9.06. The number of fused-ring (bicyclic) bond motifs is 4. The van der Waals surface area contributed by atoms with Gasteiger partial charge in [-0.05, 0) is 86.6 Å². The van der Waals surface area contributed by atoms with E-state index in [0.29, 0.717) is 0 Å². The van der Waals surface area contributed by atoms with Crippen LogP contribution in [0.25, 0.3) is 82.8 Å². The maximum Gasteiger partial charge on any atom is 0.0562 e. The summed E-state index contributed by atoms with van der Waals surface area (Å²) in [6.45, 7) is 0. The van der Waals surface area contributed by atoms with Crippen LogP contribution in [0.5, 0.6) is 0 Å². The molecule has 10 aromatic carbocycles. The fraction of sp³-hybridized carbons (Fsp3) is 0. The van der Waals surface area contributed by atoms with Crippen molar-refractivity contribution in [2.75, 3.05) is 4.90 Å². The highest BCUT2D eigenvalue weighted by Crippen LogP contribution is 2.46. The lowest BCUT2D eigenvalue weighted by molar-refractivity contribution is 1.18. The van der Waals surface area contributed by atoms with Gasteiger partial charge in [-0.2, -0.15) is 0 Å². The Hall–Kier alpha value is -7.94. The molecule has 0 aliphatic rings. The van der Waals surface area contributed by atoms with Gasteiger partial charge in [0.05, 0.1) is 22.4 Å². The van der Waals surface area contributed by atoms with Crippen LogP contribution in [0.4, 0.5) is 17.1 Å². The summed E-state index contributed by atoms with van der Waals surface area (Å²) in [6.07, 6.45) is 0. The number of rotatable bonds is 8. The van der Waals surface area contributed by atoms with Crippen LogP contribution < -0.4 is 4.90 Å². The van der Waals surface area contributed by atoms with Crippen LogP contribution in [-0.4, -0.2) is 4.57 Å². The van der Waals surface area contributed by atoms with Crippen LogP contribution in [0, 0.1) is 0 Å². The number of anilines is 3. The van der Waals surface area contributed by atoms with Gasteiger partial charge in [0.15, 0.2) is 0 Å². The lowest BCUT2D eigenvalue weighted by Gasteiger charge is -2.29. The first-order valence-corrected chi connectivity index (χ1v) is 20.6. The van der Waals surface area contributed by atoms with Crippen molar-refractivity contribution in [3.63, 3.8) is 0 Å². The third kappa shape index (κ3) is 6.14. The topological polar surface area (TPSA) is 8.17 Å². The highest BCUT2D eigenvalue weighted by Gasteiger charge is 2.22. The summed E-state index contributed by atoms with van der Waals surface area (Å²) in [5.41, 5.74) is 16.3. The molecule has 60 heavy (non-hydrogen) atoms. The molecular weight excluding hydrogens is 725 g/mol. The highest BCUT2D eigenvalue weighted by atomic mass is 15.1. The Kier molecular flexibility index (Phi) is 8.87. The molecule has 11 aromatic rings. The minimum absolute atomic E-state index is 1.08. The van der Waals surface area contributed by atoms with E-state index >= 15 is 0 Å². The molecule has 0 saturated heterocycles. The minimum Gasteiger partial charge on any atom is -0.310 e. The first-order valence-electron chi connectivity index (χ1n) is 20.6. The summed E-state index contributed by atoms with van der Waals surface area (Å²) in [5.74, 6) is 0. The van der Waals surface area contributed by atoms with E-state index in [9.17, 15) is 0 Å². The second-order valence-corrected chi connectivity index (χ2v) is 15.3. The smallest absolute Gasteiger partial charge is 0.0562 e. The van der Waals surface area contributed by atoms with Gasteiger partial charge in [-0.15, -0.1) is 0 Å². The number of para-hydroxylation sites is 3. The number of hydrogen-bond donors (Lipinski definition) is 0. The molecule has 0 N–H and O–H groups in total. The number of hydrogen-bond acceptors (Lipinski definition) is 1. The predicted octanol–water partition coefficient (Wildman–Crippen LogP) is 16.1. The van der Waals surface area contributed by atoms with Crippen LogP contribution in [-0.2, 0) is 0 Å². The van der Waals surface area contributed by atoms with Gasteiger partial charge >= 0.3 is 0 Å². The van der Waals surface area contributed by atoms with Crippen molar-refractivity contribution in [1.82, 2.24) is 4.57 Å². The Morgan fingerprint density at radius 3 is 1.62 bits per heavy atom. The lowest BCUT2D eigenvalue weighted by atomic mass is 9.93. The summed E-state index contributed by atoms with van der Waals surface area (Å²) in [7, 11) is 0. The SMILES string of the molecule is c1ccc(-c2ccc(N(c3ccc4c5ccccc5n(-c5ccccc5-c5cccc6ccccc56)c4c3)c3ccccc3-c3ccccc3-c3ccccc3)cc2)cc1. The number of nitrogens with zero attached hydrogens (tertiary/aromatic N) is 2. The van der Waals surface area contributed by atoms with Gasteiger partial charge < -0.3 is 9.47 Å². The largest absolute Gasteiger partial charge is 0.310 e. The summed E-state index contributed by atoms with van der Waals surface area (Å²) in [6, 6.07) is 87.9. The molecule has 0 aliphatic carbocycles. The average Bonchev–Trinajstić information content (AvgIpc) is 3.66. The Bertz CT molecular complexity index is 3300. The van der Waals surface area contributed by atoms with Gasteiger partial charge in [-0.25, -0.2) is 0 Å². The van der Waals surface area contributed by atoms with Crippen LogP contribution in [0.15, 0.2) is 243 Å². The summed E-state index contributed by atoms with van der Waals surface area (Å²) in [4.78, 5) is 2.43. The highest BCUT2D eigenvalue weighted by molar-refractivity contribution is 6.11. The second kappa shape index (κ2) is 15.1. The van der Waals surface area contributed by atoms with E-state index in [1.54, 1.807) is 0 Å². The molecule has 282 valence electrons. The average molecular weight is 765 g/mol. The molecule has 1 heterocycles. The first-order chi connectivity index (χ1) is 29.8. The monoisotopic (exact) mass is 764 g/mol. The van der Waals surface area contributed by atoms with Crippen LogP contribution in [0.1, 0.15) is 0 Å². The summed E-state index contributed by atoms with van der Waals surface area (Å²) in [5, 5.41) is 4.91. The molecule has 0 bridgehead atoms. The molecule has 2 heteroatoms. The summed E-state index contributed by atoms with van der Waals surface area (Å²) >= 11 is 0. The third-order valence-electron chi connectivity index (χ3n) is 11.8. The van der Waals surface area contributed by atoms with Crippen molar-refractivity contribution in [3.05, 3.63) is 243 Å². The zero-order chi connectivity index (χ0) is 39.8. The van der Waals surface area contributed by atoms with E-state index in [1.165, 1.54) is 66.0 Å². The molecular formula is C58H40N2. The van der Waals surface area contributed by atoms with Gasteiger partial charge in [-0.3, -0.25) is 0 Å². The zero-order valence-electron chi connectivity index (χ0n) is 33.0. The lowest BCUT2D eigenvalue weighted by Crippen LogP contribution is -2.11. The molecule has 0 radical (unpaired) electrons. The molecule has 0 saturated carbocycles. The third-order valence-corrected chi connectivity index (χ3v) is 11.8. The molecule has 0 amide bonds. The Labute approximate surface area is 350 Å². The van der Waals surface area contributed by atoms with Crippen molar-refractivity contribution in [1.29, 1.82) is 0 Å². The molecule has 0 aliphatic heterocycles. The van der Waals surface area contributed by atoms with E-state index < -0.39 is 0 Å². The maximum atomic E-state index is 2.47. The number of aromatic nitrogens is 1. The van der Waals surface area contributed by atoms with Crippen molar-refractivity contribution >= 4 is 49.6 Å². The Morgan fingerprint density at radius 1 is 0.283 bits per heavy atom. The fourth-order valence-corrected chi connectivity index (χ4v) is 9.06. The van der Waals surface area contributed by atoms with E-state index in [0.717, 1.165) is 33.8 Å². The molecule has 0 fully saturated rings. The zero-order valence-corrected chi connectivity index (χ0v) is 33.0. The van der Waals surface area contributed by atoms with Gasteiger partial charge in [0.1, 0.15) is 0 Å². The van der Waals surface area contributed by atoms with Crippen LogP contribution in [0.2, 0.25) is 0 Å². The van der Waals surface area contributed by atoms with Crippen molar-refractivity contribution in [3.8, 4) is 50.2 Å². The Morgan fingerprint density at radius 2 is 0.817 bits per heavy atom.